The number of aliphatic hydroxyl groups is 2. The van der Waals surface area contributed by atoms with Crippen molar-refractivity contribution in [2.45, 2.75) is 40.5 Å². The number of aliphatic hydroxyl groups excluding tert-OH is 2. The van der Waals surface area contributed by atoms with Crippen molar-refractivity contribution in [2.75, 3.05) is 26.4 Å². The molecule has 0 spiro atoms. The van der Waals surface area contributed by atoms with Crippen LogP contribution in [-0.2, 0) is 4.74 Å². The van der Waals surface area contributed by atoms with E-state index in [1.165, 1.54) is 0 Å². The van der Waals surface area contributed by atoms with Gasteiger partial charge in [-0.1, -0.05) is 27.7 Å². The number of hydrogen-bond acceptors (Lipinski definition) is 3. The fraction of sp³-hybridized carbons (Fsp3) is 1.00. The van der Waals surface area contributed by atoms with Crippen LogP contribution in [0.25, 0.3) is 0 Å². The lowest BCUT2D eigenvalue weighted by atomic mass is 9.84. The highest BCUT2D eigenvalue weighted by Gasteiger charge is 2.27. The zero-order valence-electron chi connectivity index (χ0n) is 10.5. The second kappa shape index (κ2) is 6.46. The highest BCUT2D eigenvalue weighted by Crippen LogP contribution is 2.26. The Balaban J connectivity index is 4.02. The van der Waals surface area contributed by atoms with Crippen molar-refractivity contribution in [2.24, 2.45) is 10.8 Å². The summed E-state index contributed by atoms with van der Waals surface area (Å²) in [6, 6.07) is 0. The van der Waals surface area contributed by atoms with E-state index in [1.807, 2.05) is 13.8 Å². The van der Waals surface area contributed by atoms with Gasteiger partial charge in [0, 0.05) is 10.8 Å². The Morgan fingerprint density at radius 2 is 1.47 bits per heavy atom. The maximum Gasteiger partial charge on any atom is 0.0544 e. The summed E-state index contributed by atoms with van der Waals surface area (Å²) in [5.41, 5.74) is -0.297. The summed E-state index contributed by atoms with van der Waals surface area (Å²) in [7, 11) is 0. The summed E-state index contributed by atoms with van der Waals surface area (Å²) in [5, 5.41) is 18.4. The molecule has 0 heterocycles. The van der Waals surface area contributed by atoms with Gasteiger partial charge in [0.2, 0.25) is 0 Å². The molecular formula is C12H26O3. The van der Waals surface area contributed by atoms with Crippen LogP contribution in [0.3, 0.4) is 0 Å². The van der Waals surface area contributed by atoms with Gasteiger partial charge in [0.25, 0.3) is 0 Å². The monoisotopic (exact) mass is 218 g/mol. The molecule has 0 atom stereocenters. The van der Waals surface area contributed by atoms with E-state index in [1.54, 1.807) is 0 Å². The van der Waals surface area contributed by atoms with Gasteiger partial charge < -0.3 is 14.9 Å². The fourth-order valence-electron chi connectivity index (χ4n) is 1.31. The third kappa shape index (κ3) is 4.96. The average molecular weight is 218 g/mol. The molecule has 0 aliphatic heterocycles. The summed E-state index contributed by atoms with van der Waals surface area (Å²) < 4.78 is 5.61. The molecule has 0 aromatic carbocycles. The topological polar surface area (TPSA) is 49.7 Å². The highest BCUT2D eigenvalue weighted by atomic mass is 16.5. The van der Waals surface area contributed by atoms with Crippen molar-refractivity contribution >= 4 is 0 Å². The van der Waals surface area contributed by atoms with Crippen LogP contribution in [0.4, 0.5) is 0 Å². The van der Waals surface area contributed by atoms with Crippen LogP contribution in [0.2, 0.25) is 0 Å². The fourth-order valence-corrected chi connectivity index (χ4v) is 1.31. The third-order valence-electron chi connectivity index (χ3n) is 3.16. The minimum atomic E-state index is -0.192. The molecule has 0 unspecified atom stereocenters. The second-order valence-electron chi connectivity index (χ2n) is 5.18. The van der Waals surface area contributed by atoms with Crippen molar-refractivity contribution in [1.29, 1.82) is 0 Å². The Morgan fingerprint density at radius 1 is 0.933 bits per heavy atom. The molecule has 2 N–H and O–H groups in total. The van der Waals surface area contributed by atoms with Gasteiger partial charge in [-0.2, -0.15) is 0 Å². The molecule has 92 valence electrons. The molecule has 0 radical (unpaired) electrons. The molecule has 3 heteroatoms. The Morgan fingerprint density at radius 3 is 1.80 bits per heavy atom. The Kier molecular flexibility index (Phi) is 6.41. The van der Waals surface area contributed by atoms with Gasteiger partial charge in [-0.3, -0.25) is 0 Å². The number of ether oxygens (including phenoxy) is 1. The van der Waals surface area contributed by atoms with E-state index in [2.05, 4.69) is 13.8 Å². The quantitative estimate of drug-likeness (QED) is 0.653. The van der Waals surface area contributed by atoms with Crippen molar-refractivity contribution < 1.29 is 14.9 Å². The lowest BCUT2D eigenvalue weighted by Gasteiger charge is -2.31. The Bertz CT molecular complexity index is 154. The SMILES string of the molecule is CCC(CC)(CO)COCC(C)(C)CO. The molecule has 0 saturated carbocycles. The highest BCUT2D eigenvalue weighted by molar-refractivity contribution is 4.76. The molecule has 0 saturated heterocycles. The second-order valence-corrected chi connectivity index (χ2v) is 5.18. The maximum absolute atomic E-state index is 9.33. The predicted molar refractivity (Wildman–Crippen MR) is 61.8 cm³/mol. The van der Waals surface area contributed by atoms with Gasteiger partial charge in [0.15, 0.2) is 0 Å². The van der Waals surface area contributed by atoms with Crippen LogP contribution in [0.15, 0.2) is 0 Å². The van der Waals surface area contributed by atoms with Crippen LogP contribution in [0, 0.1) is 10.8 Å². The smallest absolute Gasteiger partial charge is 0.0544 e. The zero-order valence-corrected chi connectivity index (χ0v) is 10.5. The summed E-state index contributed by atoms with van der Waals surface area (Å²) in [4.78, 5) is 0. The standard InChI is InChI=1S/C12H26O3/c1-5-12(6-2,8-14)10-15-9-11(3,4)7-13/h13-14H,5-10H2,1-4H3. The normalized spacial score (nSPS) is 13.2. The molecule has 15 heavy (non-hydrogen) atoms. The summed E-state index contributed by atoms with van der Waals surface area (Å²) in [6.45, 7) is 9.46. The van der Waals surface area contributed by atoms with Gasteiger partial charge in [-0.15, -0.1) is 0 Å². The molecule has 0 aromatic heterocycles. The average Bonchev–Trinajstić information content (AvgIpc) is 2.25. The maximum atomic E-state index is 9.33. The Hall–Kier alpha value is -0.120. The van der Waals surface area contributed by atoms with E-state index < -0.39 is 0 Å². The minimum absolute atomic E-state index is 0.106. The lowest BCUT2D eigenvalue weighted by molar-refractivity contribution is -0.0369. The largest absolute Gasteiger partial charge is 0.396 e. The lowest BCUT2D eigenvalue weighted by Crippen LogP contribution is -2.33. The number of rotatable bonds is 8. The minimum Gasteiger partial charge on any atom is -0.396 e. The molecule has 0 amide bonds. The Labute approximate surface area is 93.5 Å². The van der Waals surface area contributed by atoms with Gasteiger partial charge in [0.05, 0.1) is 26.4 Å². The molecule has 0 aliphatic rings. The van der Waals surface area contributed by atoms with E-state index in [-0.39, 0.29) is 24.0 Å². The molecule has 0 aromatic rings. The van der Waals surface area contributed by atoms with Gasteiger partial charge >= 0.3 is 0 Å². The first-order valence-corrected chi connectivity index (χ1v) is 5.75. The number of hydrogen-bond donors (Lipinski definition) is 2. The van der Waals surface area contributed by atoms with Crippen LogP contribution in [0.1, 0.15) is 40.5 Å². The van der Waals surface area contributed by atoms with E-state index in [0.29, 0.717) is 13.2 Å². The predicted octanol–water partition coefficient (Wildman–Crippen LogP) is 1.82. The van der Waals surface area contributed by atoms with Crippen molar-refractivity contribution in [3.05, 3.63) is 0 Å². The zero-order chi connectivity index (χ0) is 11.9. The first-order chi connectivity index (χ1) is 6.95. The molecule has 0 bridgehead atoms. The molecule has 3 nitrogen and oxygen atoms in total. The van der Waals surface area contributed by atoms with Crippen LogP contribution in [-0.4, -0.2) is 36.6 Å². The summed E-state index contributed by atoms with van der Waals surface area (Å²) in [6.07, 6.45) is 1.83. The first kappa shape index (κ1) is 14.9. The molecular weight excluding hydrogens is 192 g/mol. The van der Waals surface area contributed by atoms with Gasteiger partial charge in [-0.25, -0.2) is 0 Å². The van der Waals surface area contributed by atoms with E-state index in [4.69, 9.17) is 9.84 Å². The van der Waals surface area contributed by atoms with Crippen molar-refractivity contribution in [1.82, 2.24) is 0 Å². The molecule has 0 aliphatic carbocycles. The molecule has 0 rings (SSSR count). The van der Waals surface area contributed by atoms with E-state index >= 15 is 0 Å². The van der Waals surface area contributed by atoms with Crippen molar-refractivity contribution in [3.63, 3.8) is 0 Å². The third-order valence-corrected chi connectivity index (χ3v) is 3.16. The van der Waals surface area contributed by atoms with Crippen LogP contribution in [0.5, 0.6) is 0 Å². The van der Waals surface area contributed by atoms with E-state index in [0.717, 1.165) is 12.8 Å². The van der Waals surface area contributed by atoms with Crippen molar-refractivity contribution in [3.8, 4) is 0 Å². The molecule has 0 fully saturated rings. The van der Waals surface area contributed by atoms with Gasteiger partial charge in [-0.05, 0) is 12.8 Å². The summed E-state index contributed by atoms with van der Waals surface area (Å²) in [5.74, 6) is 0. The van der Waals surface area contributed by atoms with Crippen LogP contribution >= 0.6 is 0 Å². The first-order valence-electron chi connectivity index (χ1n) is 5.75. The van der Waals surface area contributed by atoms with Gasteiger partial charge in [0.1, 0.15) is 0 Å². The summed E-state index contributed by atoms with van der Waals surface area (Å²) >= 11 is 0. The van der Waals surface area contributed by atoms with Crippen LogP contribution < -0.4 is 0 Å². The van der Waals surface area contributed by atoms with E-state index in [9.17, 15) is 5.11 Å².